The zero-order valence-electron chi connectivity index (χ0n) is 53.2. The first-order valence-corrected chi connectivity index (χ1v) is 35.5. The van der Waals surface area contributed by atoms with Gasteiger partial charge in [-0.05, 0) is 19.3 Å². The Morgan fingerprint density at radius 2 is 0.359 bits per heavy atom. The highest BCUT2D eigenvalue weighted by atomic mass is 16.6. The van der Waals surface area contributed by atoms with Crippen LogP contribution in [0.25, 0.3) is 0 Å². The van der Waals surface area contributed by atoms with E-state index < -0.39 is 12.0 Å². The average Bonchev–Trinajstić information content (AvgIpc) is 3.45. The van der Waals surface area contributed by atoms with Crippen molar-refractivity contribution in [3.63, 3.8) is 0 Å². The molecule has 0 fully saturated rings. The van der Waals surface area contributed by atoms with Crippen LogP contribution in [0.15, 0.2) is 0 Å². The molecule has 0 saturated heterocycles. The third-order valence-electron chi connectivity index (χ3n) is 16.9. The van der Waals surface area contributed by atoms with Gasteiger partial charge in [-0.2, -0.15) is 0 Å². The molecule has 0 heterocycles. The lowest BCUT2D eigenvalue weighted by atomic mass is 9.92. The van der Waals surface area contributed by atoms with Gasteiger partial charge >= 0.3 is 17.9 Å². The van der Waals surface area contributed by atoms with Crippen molar-refractivity contribution >= 4 is 17.9 Å². The summed E-state index contributed by atoms with van der Waals surface area (Å²) in [6, 6.07) is 0. The minimum Gasteiger partial charge on any atom is -0.465 e. The largest absolute Gasteiger partial charge is 0.465 e. The van der Waals surface area contributed by atoms with Crippen molar-refractivity contribution < 1.29 is 33.7 Å². The third kappa shape index (κ3) is 59.0. The van der Waals surface area contributed by atoms with E-state index in [-0.39, 0.29) is 37.7 Å². The molecular formula is C71H138O7. The second-order valence-corrected chi connectivity index (χ2v) is 25.0. The molecule has 7 nitrogen and oxygen atoms in total. The standard InChI is InChI=1S/C71H138O7/c1-4-7-10-13-16-19-22-25-28-31-34-37-40-43-46-49-52-55-58-61-68(73)76-65-71(64-72,66-77-69(74)62-59-56-53-50-47-44-41-38-35-32-29-26-23-20-17-14-11-8-5-2)67-78-70(75)63-60-57-54-51-48-45-42-39-36-33-30-27-24-21-18-15-12-9-6-3/h72H,4-67H2,1-3H3. The van der Waals surface area contributed by atoms with Crippen molar-refractivity contribution in [3.05, 3.63) is 0 Å². The summed E-state index contributed by atoms with van der Waals surface area (Å²) < 4.78 is 17.2. The molecule has 0 aliphatic rings. The SMILES string of the molecule is CCCCCCCCCCCCCCCCCCCCCC(=O)OCC(CO)(COC(=O)CCCCCCCCCCCCCCCCCCCCC)COC(=O)CCCCCCCCCCCCCCCCCCCCC. The molecule has 7 heteroatoms. The molecular weight excluding hydrogens is 965 g/mol. The highest BCUT2D eigenvalue weighted by molar-refractivity contribution is 5.70. The van der Waals surface area contributed by atoms with Gasteiger partial charge in [0.15, 0.2) is 0 Å². The van der Waals surface area contributed by atoms with Crippen molar-refractivity contribution in [2.24, 2.45) is 5.41 Å². The van der Waals surface area contributed by atoms with Gasteiger partial charge in [0.2, 0.25) is 0 Å². The Morgan fingerprint density at radius 3 is 0.487 bits per heavy atom. The van der Waals surface area contributed by atoms with E-state index in [1.54, 1.807) is 0 Å². The summed E-state index contributed by atoms with van der Waals surface area (Å²) in [7, 11) is 0. The topological polar surface area (TPSA) is 99.1 Å². The molecule has 0 spiro atoms. The fraction of sp³-hybridized carbons (Fsp3) is 0.958. The second kappa shape index (κ2) is 64.5. The Hall–Kier alpha value is -1.63. The predicted octanol–water partition coefficient (Wildman–Crippen LogP) is 23.1. The lowest BCUT2D eigenvalue weighted by Gasteiger charge is -2.30. The van der Waals surface area contributed by atoms with Crippen LogP contribution in [0.5, 0.6) is 0 Å². The monoisotopic (exact) mass is 1100 g/mol. The lowest BCUT2D eigenvalue weighted by molar-refractivity contribution is -0.165. The van der Waals surface area contributed by atoms with E-state index in [1.807, 2.05) is 0 Å². The zero-order chi connectivity index (χ0) is 56.6. The molecule has 78 heavy (non-hydrogen) atoms. The van der Waals surface area contributed by atoms with E-state index in [4.69, 9.17) is 14.2 Å². The molecule has 0 rings (SSSR count). The van der Waals surface area contributed by atoms with Crippen molar-refractivity contribution in [2.45, 2.75) is 406 Å². The molecule has 0 amide bonds. The number of carbonyl (C=O) groups is 3. The summed E-state index contributed by atoms with van der Waals surface area (Å²) in [5, 5.41) is 10.7. The van der Waals surface area contributed by atoms with Gasteiger partial charge in [0.25, 0.3) is 0 Å². The Kier molecular flexibility index (Phi) is 63.2. The van der Waals surface area contributed by atoms with Gasteiger partial charge < -0.3 is 19.3 Å². The number of carbonyl (C=O) groups excluding carboxylic acids is 3. The molecule has 0 radical (unpaired) electrons. The minimum atomic E-state index is -1.18. The van der Waals surface area contributed by atoms with Crippen LogP contribution in [0.4, 0.5) is 0 Å². The first-order chi connectivity index (χ1) is 38.4. The van der Waals surface area contributed by atoms with Gasteiger partial charge in [-0.15, -0.1) is 0 Å². The zero-order valence-corrected chi connectivity index (χ0v) is 53.2. The fourth-order valence-electron chi connectivity index (χ4n) is 11.2. The molecule has 0 aromatic carbocycles. The molecule has 0 aliphatic carbocycles. The van der Waals surface area contributed by atoms with Crippen LogP contribution in [0.3, 0.4) is 0 Å². The molecule has 0 aliphatic heterocycles. The van der Waals surface area contributed by atoms with Crippen LogP contribution >= 0.6 is 0 Å². The van der Waals surface area contributed by atoms with Crippen LogP contribution in [-0.4, -0.2) is 49.4 Å². The van der Waals surface area contributed by atoms with Crippen LogP contribution in [0.2, 0.25) is 0 Å². The van der Waals surface area contributed by atoms with Gasteiger partial charge in [0.05, 0.1) is 12.0 Å². The number of aliphatic hydroxyl groups is 1. The van der Waals surface area contributed by atoms with Gasteiger partial charge in [-0.1, -0.05) is 367 Å². The molecule has 0 saturated carbocycles. The first-order valence-electron chi connectivity index (χ1n) is 35.5. The van der Waals surface area contributed by atoms with Gasteiger partial charge in [0, 0.05) is 19.3 Å². The van der Waals surface area contributed by atoms with E-state index in [1.165, 1.54) is 308 Å². The number of hydrogen-bond acceptors (Lipinski definition) is 7. The molecule has 0 atom stereocenters. The summed E-state index contributed by atoms with van der Waals surface area (Å²) in [4.78, 5) is 38.8. The Bertz CT molecular complexity index is 1060. The molecule has 0 bridgehead atoms. The third-order valence-corrected chi connectivity index (χ3v) is 16.9. The second-order valence-electron chi connectivity index (χ2n) is 25.0. The summed E-state index contributed by atoms with van der Waals surface area (Å²) >= 11 is 0. The van der Waals surface area contributed by atoms with Crippen LogP contribution in [0, 0.1) is 5.41 Å². The summed E-state index contributed by atoms with van der Waals surface area (Å²) in [5.41, 5.74) is -1.18. The van der Waals surface area contributed by atoms with Gasteiger partial charge in [-0.25, -0.2) is 0 Å². The van der Waals surface area contributed by atoms with Crippen LogP contribution < -0.4 is 0 Å². The fourth-order valence-corrected chi connectivity index (χ4v) is 11.2. The van der Waals surface area contributed by atoms with E-state index >= 15 is 0 Å². The molecule has 0 aromatic heterocycles. The summed E-state index contributed by atoms with van der Waals surface area (Å²) in [5.74, 6) is -0.957. The summed E-state index contributed by atoms with van der Waals surface area (Å²) in [6.07, 6.45) is 75.2. The number of esters is 3. The van der Waals surface area contributed by atoms with Gasteiger partial charge in [-0.3, -0.25) is 14.4 Å². The maximum atomic E-state index is 12.9. The minimum absolute atomic E-state index is 0.152. The summed E-state index contributed by atoms with van der Waals surface area (Å²) in [6.45, 7) is 5.98. The Morgan fingerprint density at radius 1 is 0.231 bits per heavy atom. The number of ether oxygens (including phenoxy) is 3. The normalized spacial score (nSPS) is 11.7. The van der Waals surface area contributed by atoms with E-state index in [0.717, 1.165) is 57.8 Å². The van der Waals surface area contributed by atoms with Crippen molar-refractivity contribution in [3.8, 4) is 0 Å². The Balaban J connectivity index is 4.47. The molecule has 1 N–H and O–H groups in total. The maximum Gasteiger partial charge on any atom is 0.305 e. The molecule has 464 valence electrons. The van der Waals surface area contributed by atoms with E-state index in [0.29, 0.717) is 19.3 Å². The number of hydrogen-bond donors (Lipinski definition) is 1. The maximum absolute atomic E-state index is 12.9. The van der Waals surface area contributed by atoms with E-state index in [9.17, 15) is 19.5 Å². The highest BCUT2D eigenvalue weighted by Gasteiger charge is 2.35. The van der Waals surface area contributed by atoms with E-state index in [2.05, 4.69) is 20.8 Å². The van der Waals surface area contributed by atoms with Crippen molar-refractivity contribution in [1.29, 1.82) is 0 Å². The van der Waals surface area contributed by atoms with Crippen LogP contribution in [-0.2, 0) is 28.6 Å². The number of rotatable bonds is 67. The molecule has 0 unspecified atom stereocenters. The van der Waals surface area contributed by atoms with Crippen molar-refractivity contribution in [1.82, 2.24) is 0 Å². The average molecular weight is 1100 g/mol. The quantitative estimate of drug-likeness (QED) is 0.0368. The van der Waals surface area contributed by atoms with Gasteiger partial charge in [0.1, 0.15) is 19.8 Å². The first kappa shape index (κ1) is 76.4. The molecule has 0 aromatic rings. The van der Waals surface area contributed by atoms with Crippen LogP contribution in [0.1, 0.15) is 406 Å². The Labute approximate surface area is 487 Å². The predicted molar refractivity (Wildman–Crippen MR) is 336 cm³/mol. The van der Waals surface area contributed by atoms with Crippen molar-refractivity contribution in [2.75, 3.05) is 26.4 Å². The highest BCUT2D eigenvalue weighted by Crippen LogP contribution is 2.23. The smallest absolute Gasteiger partial charge is 0.305 e. The number of aliphatic hydroxyl groups excluding tert-OH is 1. The lowest BCUT2D eigenvalue weighted by Crippen LogP contribution is -2.42. The number of unbranched alkanes of at least 4 members (excludes halogenated alkanes) is 54.